The summed E-state index contributed by atoms with van der Waals surface area (Å²) in [4.78, 5) is 21.0. The van der Waals surface area contributed by atoms with Gasteiger partial charge in [0.25, 0.3) is 0 Å². The van der Waals surface area contributed by atoms with Crippen LogP contribution in [-0.2, 0) is 13.0 Å². The van der Waals surface area contributed by atoms with E-state index >= 15 is 0 Å². The standard InChI is InChI=1S/C17H23N5O2/c1-3-15-16(13(2)24-20-15)19-17(23)22-10-8-21(9-11-22)12-14-6-4-5-7-18-14/h4-7H,3,8-12H2,1-2H3,(H,19,23). The molecule has 24 heavy (non-hydrogen) atoms. The average Bonchev–Trinajstić information content (AvgIpc) is 2.96. The Kier molecular flexibility index (Phi) is 5.10. The van der Waals surface area contributed by atoms with E-state index in [1.807, 2.05) is 43.1 Å². The Balaban J connectivity index is 1.52. The van der Waals surface area contributed by atoms with Gasteiger partial charge in [-0.25, -0.2) is 4.79 Å². The summed E-state index contributed by atoms with van der Waals surface area (Å²) in [5.41, 5.74) is 2.55. The van der Waals surface area contributed by atoms with Crippen LogP contribution in [0.15, 0.2) is 28.9 Å². The third-order valence-corrected chi connectivity index (χ3v) is 4.27. The van der Waals surface area contributed by atoms with Gasteiger partial charge < -0.3 is 14.7 Å². The van der Waals surface area contributed by atoms with E-state index in [0.29, 0.717) is 24.5 Å². The number of aromatic nitrogens is 2. The van der Waals surface area contributed by atoms with Gasteiger partial charge in [0.15, 0.2) is 5.76 Å². The fraction of sp³-hybridized carbons (Fsp3) is 0.471. The number of hydrogen-bond donors (Lipinski definition) is 1. The van der Waals surface area contributed by atoms with Gasteiger partial charge in [-0.15, -0.1) is 0 Å². The molecule has 1 fully saturated rings. The van der Waals surface area contributed by atoms with Crippen LogP contribution < -0.4 is 5.32 Å². The van der Waals surface area contributed by atoms with Crippen molar-refractivity contribution in [3.63, 3.8) is 0 Å². The number of aryl methyl sites for hydroxylation is 2. The molecule has 0 aromatic carbocycles. The highest BCUT2D eigenvalue weighted by molar-refractivity contribution is 5.90. The molecule has 3 heterocycles. The van der Waals surface area contributed by atoms with E-state index in [1.165, 1.54) is 0 Å². The van der Waals surface area contributed by atoms with E-state index in [4.69, 9.17) is 4.52 Å². The summed E-state index contributed by atoms with van der Waals surface area (Å²) in [5.74, 6) is 0.647. The minimum Gasteiger partial charge on any atom is -0.359 e. The van der Waals surface area contributed by atoms with Crippen LogP contribution in [0.2, 0.25) is 0 Å². The predicted molar refractivity (Wildman–Crippen MR) is 90.7 cm³/mol. The second kappa shape index (κ2) is 7.44. The van der Waals surface area contributed by atoms with Crippen molar-refractivity contribution >= 4 is 11.7 Å². The van der Waals surface area contributed by atoms with Crippen molar-refractivity contribution in [1.82, 2.24) is 19.9 Å². The SMILES string of the molecule is CCc1noc(C)c1NC(=O)N1CCN(Cc2ccccn2)CC1. The molecule has 2 aromatic rings. The Bertz CT molecular complexity index is 678. The van der Waals surface area contributed by atoms with Gasteiger partial charge in [0.05, 0.1) is 5.69 Å². The lowest BCUT2D eigenvalue weighted by Gasteiger charge is -2.34. The first-order valence-electron chi connectivity index (χ1n) is 8.30. The van der Waals surface area contributed by atoms with Gasteiger partial charge >= 0.3 is 6.03 Å². The number of amides is 2. The maximum absolute atomic E-state index is 12.5. The van der Waals surface area contributed by atoms with Gasteiger partial charge in [0, 0.05) is 38.9 Å². The minimum atomic E-state index is -0.0894. The van der Waals surface area contributed by atoms with E-state index in [9.17, 15) is 4.79 Å². The van der Waals surface area contributed by atoms with Crippen molar-refractivity contribution in [1.29, 1.82) is 0 Å². The third-order valence-electron chi connectivity index (χ3n) is 4.27. The zero-order chi connectivity index (χ0) is 16.9. The highest BCUT2D eigenvalue weighted by Crippen LogP contribution is 2.21. The second-order valence-corrected chi connectivity index (χ2v) is 5.93. The summed E-state index contributed by atoms with van der Waals surface area (Å²) in [5, 5.41) is 6.91. The Morgan fingerprint density at radius 3 is 2.75 bits per heavy atom. The van der Waals surface area contributed by atoms with Crippen molar-refractivity contribution in [2.24, 2.45) is 0 Å². The van der Waals surface area contributed by atoms with Gasteiger partial charge in [-0.3, -0.25) is 9.88 Å². The number of carbonyl (C=O) groups is 1. The summed E-state index contributed by atoms with van der Waals surface area (Å²) in [6.45, 7) is 7.70. The minimum absolute atomic E-state index is 0.0894. The molecule has 0 aliphatic carbocycles. The molecule has 1 N–H and O–H groups in total. The number of anilines is 1. The van der Waals surface area contributed by atoms with Crippen LogP contribution >= 0.6 is 0 Å². The first-order chi connectivity index (χ1) is 11.7. The van der Waals surface area contributed by atoms with E-state index in [2.05, 4.69) is 20.4 Å². The summed E-state index contributed by atoms with van der Waals surface area (Å²) in [7, 11) is 0. The number of rotatable bonds is 4. The third kappa shape index (κ3) is 3.73. The molecule has 7 heteroatoms. The van der Waals surface area contributed by atoms with Crippen LogP contribution in [0.25, 0.3) is 0 Å². The zero-order valence-corrected chi connectivity index (χ0v) is 14.2. The Labute approximate surface area is 141 Å². The van der Waals surface area contributed by atoms with E-state index < -0.39 is 0 Å². The smallest absolute Gasteiger partial charge is 0.322 e. The molecule has 0 spiro atoms. The zero-order valence-electron chi connectivity index (χ0n) is 14.2. The van der Waals surface area contributed by atoms with Crippen molar-refractivity contribution in [2.45, 2.75) is 26.8 Å². The van der Waals surface area contributed by atoms with E-state index in [-0.39, 0.29) is 6.03 Å². The molecule has 128 valence electrons. The average molecular weight is 329 g/mol. The maximum Gasteiger partial charge on any atom is 0.322 e. The summed E-state index contributed by atoms with van der Waals surface area (Å²) in [6, 6.07) is 5.86. The number of nitrogens with one attached hydrogen (secondary N) is 1. The van der Waals surface area contributed by atoms with Crippen LogP contribution in [0.5, 0.6) is 0 Å². The Morgan fingerprint density at radius 1 is 1.29 bits per heavy atom. The van der Waals surface area contributed by atoms with Gasteiger partial charge in [-0.1, -0.05) is 18.1 Å². The molecule has 3 rings (SSSR count). The van der Waals surface area contributed by atoms with Crippen LogP contribution in [-0.4, -0.2) is 52.2 Å². The molecule has 2 aromatic heterocycles. The molecule has 0 saturated carbocycles. The molecule has 0 unspecified atom stereocenters. The van der Waals surface area contributed by atoms with Crippen LogP contribution in [0.3, 0.4) is 0 Å². The Morgan fingerprint density at radius 2 is 2.08 bits per heavy atom. The molecule has 7 nitrogen and oxygen atoms in total. The van der Waals surface area contributed by atoms with Gasteiger partial charge in [0.1, 0.15) is 11.4 Å². The lowest BCUT2D eigenvalue weighted by Crippen LogP contribution is -2.49. The number of hydrogen-bond acceptors (Lipinski definition) is 5. The van der Waals surface area contributed by atoms with Crippen molar-refractivity contribution in [3.05, 3.63) is 41.5 Å². The largest absolute Gasteiger partial charge is 0.359 e. The molecule has 0 bridgehead atoms. The molecular weight excluding hydrogens is 306 g/mol. The monoisotopic (exact) mass is 329 g/mol. The summed E-state index contributed by atoms with van der Waals surface area (Å²) >= 11 is 0. The first-order valence-corrected chi connectivity index (χ1v) is 8.30. The van der Waals surface area contributed by atoms with Gasteiger partial charge in [0.2, 0.25) is 0 Å². The highest BCUT2D eigenvalue weighted by atomic mass is 16.5. The van der Waals surface area contributed by atoms with Crippen molar-refractivity contribution < 1.29 is 9.32 Å². The van der Waals surface area contributed by atoms with Crippen molar-refractivity contribution in [2.75, 3.05) is 31.5 Å². The predicted octanol–water partition coefficient (Wildman–Crippen LogP) is 2.29. The first kappa shape index (κ1) is 16.4. The van der Waals surface area contributed by atoms with E-state index in [0.717, 1.165) is 37.4 Å². The number of piperazine rings is 1. The summed E-state index contributed by atoms with van der Waals surface area (Å²) in [6.07, 6.45) is 2.54. The number of carbonyl (C=O) groups excluding carboxylic acids is 1. The topological polar surface area (TPSA) is 74.5 Å². The van der Waals surface area contributed by atoms with Crippen LogP contribution in [0.4, 0.5) is 10.5 Å². The second-order valence-electron chi connectivity index (χ2n) is 5.93. The fourth-order valence-corrected chi connectivity index (χ4v) is 2.84. The van der Waals surface area contributed by atoms with Crippen LogP contribution in [0, 0.1) is 6.92 Å². The van der Waals surface area contributed by atoms with Crippen molar-refractivity contribution in [3.8, 4) is 0 Å². The lowest BCUT2D eigenvalue weighted by molar-refractivity contribution is 0.142. The quantitative estimate of drug-likeness (QED) is 0.931. The van der Waals surface area contributed by atoms with Gasteiger partial charge in [-0.2, -0.15) is 0 Å². The maximum atomic E-state index is 12.5. The van der Waals surface area contributed by atoms with Crippen LogP contribution in [0.1, 0.15) is 24.1 Å². The molecular formula is C17H23N5O2. The van der Waals surface area contributed by atoms with E-state index in [1.54, 1.807) is 0 Å². The fourth-order valence-electron chi connectivity index (χ4n) is 2.84. The molecule has 1 aliphatic heterocycles. The molecule has 1 aliphatic rings. The van der Waals surface area contributed by atoms with Gasteiger partial charge in [-0.05, 0) is 25.5 Å². The molecule has 2 amide bonds. The molecule has 0 atom stereocenters. The Hall–Kier alpha value is -2.41. The number of urea groups is 1. The molecule has 0 radical (unpaired) electrons. The summed E-state index contributed by atoms with van der Waals surface area (Å²) < 4.78 is 5.16. The normalized spacial score (nSPS) is 15.5. The lowest BCUT2D eigenvalue weighted by atomic mass is 10.2. The number of pyridine rings is 1. The number of nitrogens with zero attached hydrogens (tertiary/aromatic N) is 4. The highest BCUT2D eigenvalue weighted by Gasteiger charge is 2.23. The molecule has 1 saturated heterocycles.